The number of Topliss-reactive ketones (excluding diaryl/α,β-unsaturated/α-hetero) is 2. The second kappa shape index (κ2) is 17.0. The minimum Gasteiger partial charge on any atom is -0.481 e. The number of aliphatic hydroxyl groups excluding tert-OH is 1. The number of amides is 2. The van der Waals surface area contributed by atoms with Crippen molar-refractivity contribution in [2.45, 2.75) is 85.5 Å². The monoisotopic (exact) mass is 549 g/mol. The molecule has 0 aromatic heterocycles. The highest BCUT2D eigenvalue weighted by atomic mass is 33.1. The Balaban J connectivity index is 5.20. The first-order valence-corrected chi connectivity index (χ1v) is 14.6. The van der Waals surface area contributed by atoms with Crippen molar-refractivity contribution >= 4 is 50.9 Å². The third-order valence-corrected chi connectivity index (χ3v) is 7.82. The van der Waals surface area contributed by atoms with Crippen LogP contribution in [0.15, 0.2) is 0 Å². The molecule has 12 heteroatoms. The van der Waals surface area contributed by atoms with E-state index in [1.54, 1.807) is 27.7 Å². The summed E-state index contributed by atoms with van der Waals surface area (Å²) < 4.78 is 0. The molecule has 0 aromatic rings. The summed E-state index contributed by atoms with van der Waals surface area (Å²) in [5.41, 5.74) is 5.62. The molecular formula is C24H43N3O7S2. The van der Waals surface area contributed by atoms with E-state index < -0.39 is 48.4 Å². The number of carboxylic acids is 1. The smallest absolute Gasteiger partial charge is 0.305 e. The molecule has 208 valence electrons. The van der Waals surface area contributed by atoms with Gasteiger partial charge in [-0.1, -0.05) is 63.1 Å². The largest absolute Gasteiger partial charge is 0.481 e. The molecule has 0 heterocycles. The summed E-state index contributed by atoms with van der Waals surface area (Å²) in [5.74, 6) is -2.99. The van der Waals surface area contributed by atoms with Gasteiger partial charge in [-0.25, -0.2) is 0 Å². The number of ketones is 2. The molecule has 0 aromatic carbocycles. The van der Waals surface area contributed by atoms with E-state index in [-0.39, 0.29) is 41.0 Å². The number of aliphatic carboxylic acids is 1. The topological polar surface area (TPSA) is 176 Å². The first-order chi connectivity index (χ1) is 16.6. The molecule has 0 radical (unpaired) electrons. The van der Waals surface area contributed by atoms with E-state index in [2.05, 4.69) is 10.6 Å². The third kappa shape index (κ3) is 13.1. The number of hydrogen-bond donors (Lipinski definition) is 5. The number of nitrogens with one attached hydrogen (secondary N) is 2. The normalized spacial score (nSPS) is 15.8. The molecule has 0 aliphatic carbocycles. The van der Waals surface area contributed by atoms with E-state index >= 15 is 0 Å². The molecule has 36 heavy (non-hydrogen) atoms. The summed E-state index contributed by atoms with van der Waals surface area (Å²) in [6.07, 6.45) is -1.00. The highest BCUT2D eigenvalue weighted by Crippen LogP contribution is 2.28. The number of nitrogens with two attached hydrogens (primary N) is 1. The van der Waals surface area contributed by atoms with Gasteiger partial charge in [0, 0.05) is 29.3 Å². The summed E-state index contributed by atoms with van der Waals surface area (Å²) in [7, 11) is 2.68. The number of carbonyl (C=O) groups excluding carboxylic acids is 4. The Morgan fingerprint density at radius 2 is 1.33 bits per heavy atom. The Bertz CT molecular complexity index is 760. The van der Waals surface area contributed by atoms with Crippen LogP contribution in [0.4, 0.5) is 0 Å². The van der Waals surface area contributed by atoms with Crippen LogP contribution in [-0.2, 0) is 24.0 Å². The number of hydrogen-bond acceptors (Lipinski definition) is 9. The van der Waals surface area contributed by atoms with E-state index in [1.165, 1.54) is 28.5 Å². The minimum atomic E-state index is -1.27. The zero-order chi connectivity index (χ0) is 28.2. The van der Waals surface area contributed by atoms with Crippen molar-refractivity contribution in [2.75, 3.05) is 11.5 Å². The van der Waals surface area contributed by atoms with Gasteiger partial charge in [0.1, 0.15) is 6.04 Å². The average Bonchev–Trinajstić information content (AvgIpc) is 2.75. The fourth-order valence-corrected chi connectivity index (χ4v) is 5.79. The predicted octanol–water partition coefficient (Wildman–Crippen LogP) is 1.63. The predicted molar refractivity (Wildman–Crippen MR) is 143 cm³/mol. The van der Waals surface area contributed by atoms with Gasteiger partial charge in [0.25, 0.3) is 0 Å². The fraction of sp³-hybridized carbons (Fsp3) is 0.792. The lowest BCUT2D eigenvalue weighted by Crippen LogP contribution is -2.51. The number of rotatable bonds is 18. The van der Waals surface area contributed by atoms with E-state index in [0.29, 0.717) is 12.2 Å². The van der Waals surface area contributed by atoms with Crippen molar-refractivity contribution in [3.05, 3.63) is 0 Å². The second-order valence-corrected chi connectivity index (χ2v) is 12.6. The summed E-state index contributed by atoms with van der Waals surface area (Å²) in [6.45, 7) is 12.3. The van der Waals surface area contributed by atoms with Crippen LogP contribution in [0.3, 0.4) is 0 Å². The Morgan fingerprint density at radius 1 is 0.806 bits per heavy atom. The molecular weight excluding hydrogens is 506 g/mol. The summed E-state index contributed by atoms with van der Waals surface area (Å²) in [6, 6.07) is -3.10. The quantitative estimate of drug-likeness (QED) is 0.125. The molecule has 5 atom stereocenters. The van der Waals surface area contributed by atoms with Crippen LogP contribution in [0.2, 0.25) is 0 Å². The highest BCUT2D eigenvalue weighted by molar-refractivity contribution is 8.76. The second-order valence-electron chi connectivity index (χ2n) is 10.0. The SMILES string of the molecule is CC(C)C[C@@H](CSSC[C@H](NC(=O)[C@@H](N)CC(=O)O)C(=O)C(C)C)C(=O)N[C@H](C(=O)C(C)C)[C@@H](C)O. The van der Waals surface area contributed by atoms with Crippen LogP contribution in [0.1, 0.15) is 61.3 Å². The van der Waals surface area contributed by atoms with Gasteiger partial charge >= 0.3 is 5.97 Å². The number of aliphatic hydroxyl groups is 1. The standard InChI is InChI=1S/C24H43N3O7S2/c1-12(2)8-16(23(33)27-20(15(7)28)22(32)14(5)6)10-35-36-11-18(21(31)13(3)4)26-24(34)17(25)9-19(29)30/h12-18,20,28H,8-11,25H2,1-7H3,(H,26,34)(H,27,33)(H,29,30)/t15-,16+,17+,18+,20+/m1/s1. The maximum Gasteiger partial charge on any atom is 0.305 e. The molecule has 0 unspecified atom stereocenters. The van der Waals surface area contributed by atoms with Gasteiger partial charge in [-0.3, -0.25) is 24.0 Å². The molecule has 6 N–H and O–H groups in total. The van der Waals surface area contributed by atoms with Crippen LogP contribution in [0, 0.1) is 23.7 Å². The molecule has 0 fully saturated rings. The van der Waals surface area contributed by atoms with Gasteiger partial charge in [0.2, 0.25) is 11.8 Å². The lowest BCUT2D eigenvalue weighted by molar-refractivity contribution is -0.139. The molecule has 0 saturated carbocycles. The van der Waals surface area contributed by atoms with Crippen LogP contribution < -0.4 is 16.4 Å². The zero-order valence-corrected chi connectivity index (χ0v) is 23.9. The molecule has 0 aliphatic heterocycles. The molecule has 0 aliphatic rings. The maximum atomic E-state index is 13.0. The Morgan fingerprint density at radius 3 is 1.78 bits per heavy atom. The van der Waals surface area contributed by atoms with Crippen molar-refractivity contribution < 1.29 is 34.2 Å². The highest BCUT2D eigenvalue weighted by Gasteiger charge is 2.31. The Labute approximate surface area is 222 Å². The third-order valence-electron chi connectivity index (χ3n) is 5.33. The zero-order valence-electron chi connectivity index (χ0n) is 22.3. The van der Waals surface area contributed by atoms with E-state index in [9.17, 15) is 29.1 Å². The molecule has 0 spiro atoms. The van der Waals surface area contributed by atoms with Crippen molar-refractivity contribution in [1.82, 2.24) is 10.6 Å². The number of carboxylic acid groups (broad SMARTS) is 1. The lowest BCUT2D eigenvalue weighted by atomic mass is 9.95. The van der Waals surface area contributed by atoms with Crippen molar-refractivity contribution in [2.24, 2.45) is 29.4 Å². The summed E-state index contributed by atoms with van der Waals surface area (Å²) in [5, 5.41) is 24.1. The van der Waals surface area contributed by atoms with Crippen molar-refractivity contribution in [1.29, 1.82) is 0 Å². The first kappa shape index (κ1) is 34.4. The molecule has 0 bridgehead atoms. The lowest BCUT2D eigenvalue weighted by Gasteiger charge is -2.26. The average molecular weight is 550 g/mol. The van der Waals surface area contributed by atoms with Crippen molar-refractivity contribution in [3.63, 3.8) is 0 Å². The van der Waals surface area contributed by atoms with Gasteiger partial charge < -0.3 is 26.6 Å². The Kier molecular flexibility index (Phi) is 16.2. The first-order valence-electron chi connectivity index (χ1n) is 12.2. The van der Waals surface area contributed by atoms with Gasteiger partial charge in [0.15, 0.2) is 11.6 Å². The van der Waals surface area contributed by atoms with Crippen LogP contribution >= 0.6 is 21.6 Å². The molecule has 2 amide bonds. The van der Waals surface area contributed by atoms with Crippen LogP contribution in [-0.4, -0.2) is 75.3 Å². The summed E-state index contributed by atoms with van der Waals surface area (Å²) >= 11 is 0. The van der Waals surface area contributed by atoms with E-state index in [1.807, 2.05) is 13.8 Å². The van der Waals surface area contributed by atoms with Gasteiger partial charge in [-0.15, -0.1) is 0 Å². The Hall–Kier alpha value is -1.63. The van der Waals surface area contributed by atoms with Crippen LogP contribution in [0.5, 0.6) is 0 Å². The maximum absolute atomic E-state index is 13.0. The summed E-state index contributed by atoms with van der Waals surface area (Å²) in [4.78, 5) is 61.1. The van der Waals surface area contributed by atoms with Crippen LogP contribution in [0.25, 0.3) is 0 Å². The minimum absolute atomic E-state index is 0.206. The van der Waals surface area contributed by atoms with Crippen molar-refractivity contribution in [3.8, 4) is 0 Å². The molecule has 10 nitrogen and oxygen atoms in total. The van der Waals surface area contributed by atoms with Gasteiger partial charge in [0.05, 0.1) is 24.6 Å². The number of carbonyl (C=O) groups is 5. The molecule has 0 saturated heterocycles. The van der Waals surface area contributed by atoms with Gasteiger partial charge in [-0.05, 0) is 19.3 Å². The van der Waals surface area contributed by atoms with Gasteiger partial charge in [-0.2, -0.15) is 0 Å². The van der Waals surface area contributed by atoms with E-state index in [0.717, 1.165) is 0 Å². The molecule has 0 rings (SSSR count). The fourth-order valence-electron chi connectivity index (χ4n) is 3.28. The van der Waals surface area contributed by atoms with E-state index in [4.69, 9.17) is 10.8 Å².